The molecule has 0 bridgehead atoms. The predicted molar refractivity (Wildman–Crippen MR) is 86.0 cm³/mol. The minimum Gasteiger partial charge on any atom is -0.384 e. The van der Waals surface area contributed by atoms with Gasteiger partial charge in [-0.3, -0.25) is 0 Å². The van der Waals surface area contributed by atoms with Gasteiger partial charge in [0.15, 0.2) is 0 Å². The number of ether oxygens (including phenoxy) is 1. The van der Waals surface area contributed by atoms with Crippen molar-refractivity contribution in [2.24, 2.45) is 0 Å². The Morgan fingerprint density at radius 3 is 2.91 bits per heavy atom. The molecule has 1 fully saturated rings. The number of carbonyl (C=O) groups is 1. The van der Waals surface area contributed by atoms with Crippen molar-refractivity contribution in [3.05, 3.63) is 34.9 Å². The van der Waals surface area contributed by atoms with Crippen LogP contribution in [-0.4, -0.2) is 36.9 Å². The van der Waals surface area contributed by atoms with E-state index in [0.717, 1.165) is 25.9 Å². The van der Waals surface area contributed by atoms with Gasteiger partial charge in [0.2, 0.25) is 0 Å². The van der Waals surface area contributed by atoms with Gasteiger partial charge in [-0.15, -0.1) is 0 Å². The maximum Gasteiger partial charge on any atom is 0.314 e. The Morgan fingerprint density at radius 2 is 2.23 bits per heavy atom. The van der Waals surface area contributed by atoms with E-state index >= 15 is 0 Å². The van der Waals surface area contributed by atoms with Gasteiger partial charge >= 0.3 is 6.03 Å². The maximum atomic E-state index is 11.8. The first-order valence-corrected chi connectivity index (χ1v) is 7.97. The molecule has 1 aromatic carbocycles. The van der Waals surface area contributed by atoms with Crippen LogP contribution in [0.5, 0.6) is 0 Å². The van der Waals surface area contributed by atoms with Crippen LogP contribution in [-0.2, 0) is 10.3 Å². The molecule has 1 aliphatic heterocycles. The van der Waals surface area contributed by atoms with Gasteiger partial charge in [-0.2, -0.15) is 0 Å². The van der Waals surface area contributed by atoms with Crippen LogP contribution in [0.2, 0.25) is 5.02 Å². The molecule has 2 rings (SSSR count). The summed E-state index contributed by atoms with van der Waals surface area (Å²) in [6.07, 6.45) is 3.22. The Hall–Kier alpha value is -1.30. The number of nitrogens with one attached hydrogen (secondary N) is 2. The zero-order chi connectivity index (χ0) is 16.0. The Balaban J connectivity index is 1.74. The standard InChI is InChI=1S/C16H23ClN2O3/c1-16(21,13-6-2-3-7-14(13)17)11-19-15(20)18-9-8-12-5-4-10-22-12/h2-3,6-7,12,21H,4-5,8-11H2,1H3,(H2,18,19,20). The summed E-state index contributed by atoms with van der Waals surface area (Å²) in [6, 6.07) is 6.77. The molecule has 1 saturated heterocycles. The van der Waals surface area contributed by atoms with E-state index in [4.69, 9.17) is 16.3 Å². The molecule has 0 radical (unpaired) electrons. The van der Waals surface area contributed by atoms with E-state index in [0.29, 0.717) is 17.1 Å². The maximum absolute atomic E-state index is 11.8. The molecule has 5 nitrogen and oxygen atoms in total. The first-order chi connectivity index (χ1) is 10.5. The number of rotatable bonds is 6. The van der Waals surface area contributed by atoms with Crippen molar-refractivity contribution in [3.8, 4) is 0 Å². The number of hydrogen-bond acceptors (Lipinski definition) is 3. The third-order valence-electron chi connectivity index (χ3n) is 3.82. The first-order valence-electron chi connectivity index (χ1n) is 7.60. The van der Waals surface area contributed by atoms with Crippen LogP contribution in [0.4, 0.5) is 4.79 Å². The van der Waals surface area contributed by atoms with Gasteiger partial charge in [0, 0.05) is 23.7 Å². The van der Waals surface area contributed by atoms with Crippen LogP contribution in [0.25, 0.3) is 0 Å². The molecule has 0 aliphatic carbocycles. The quantitative estimate of drug-likeness (QED) is 0.752. The fraction of sp³-hybridized carbons (Fsp3) is 0.562. The van der Waals surface area contributed by atoms with Crippen LogP contribution in [0, 0.1) is 0 Å². The summed E-state index contributed by atoms with van der Waals surface area (Å²) in [5.41, 5.74) is -0.624. The molecule has 22 heavy (non-hydrogen) atoms. The fourth-order valence-electron chi connectivity index (χ4n) is 2.53. The normalized spacial score (nSPS) is 20.4. The lowest BCUT2D eigenvalue weighted by Crippen LogP contribution is -2.44. The molecule has 1 heterocycles. The molecule has 2 unspecified atom stereocenters. The Bertz CT molecular complexity index is 502. The van der Waals surface area contributed by atoms with Crippen LogP contribution in [0.1, 0.15) is 31.7 Å². The molecule has 0 saturated carbocycles. The lowest BCUT2D eigenvalue weighted by molar-refractivity contribution is 0.0593. The van der Waals surface area contributed by atoms with E-state index in [9.17, 15) is 9.90 Å². The highest BCUT2D eigenvalue weighted by atomic mass is 35.5. The summed E-state index contributed by atoms with van der Waals surface area (Å²) < 4.78 is 5.49. The Morgan fingerprint density at radius 1 is 1.45 bits per heavy atom. The molecule has 1 aromatic rings. The number of urea groups is 1. The summed E-state index contributed by atoms with van der Waals surface area (Å²) in [4.78, 5) is 11.8. The van der Waals surface area contributed by atoms with E-state index in [1.54, 1.807) is 31.2 Å². The van der Waals surface area contributed by atoms with Gasteiger partial charge < -0.3 is 20.5 Å². The molecule has 0 spiro atoms. The Kier molecular flexibility index (Phi) is 6.06. The molecule has 2 atom stereocenters. The number of benzene rings is 1. The van der Waals surface area contributed by atoms with Crippen LogP contribution in [0.3, 0.4) is 0 Å². The van der Waals surface area contributed by atoms with Crippen molar-refractivity contribution >= 4 is 17.6 Å². The van der Waals surface area contributed by atoms with Gasteiger partial charge in [0.05, 0.1) is 12.6 Å². The van der Waals surface area contributed by atoms with Gasteiger partial charge in [0.25, 0.3) is 0 Å². The second kappa shape index (κ2) is 7.81. The van der Waals surface area contributed by atoms with Crippen molar-refractivity contribution in [2.75, 3.05) is 19.7 Å². The SMILES string of the molecule is CC(O)(CNC(=O)NCCC1CCCO1)c1ccccc1Cl. The number of hydrogen-bond donors (Lipinski definition) is 3. The highest BCUT2D eigenvalue weighted by molar-refractivity contribution is 6.31. The fourth-order valence-corrected chi connectivity index (χ4v) is 2.87. The number of carbonyl (C=O) groups excluding carboxylic acids is 1. The molecule has 122 valence electrons. The van der Waals surface area contributed by atoms with Crippen LogP contribution in [0.15, 0.2) is 24.3 Å². The van der Waals surface area contributed by atoms with Crippen molar-refractivity contribution in [1.29, 1.82) is 0 Å². The summed E-state index contributed by atoms with van der Waals surface area (Å²) in [6.45, 7) is 3.09. The third kappa shape index (κ3) is 4.87. The minimum absolute atomic E-state index is 0.0858. The van der Waals surface area contributed by atoms with E-state index in [1.807, 2.05) is 0 Å². The molecular weight excluding hydrogens is 304 g/mol. The summed E-state index contributed by atoms with van der Waals surface area (Å²) in [7, 11) is 0. The minimum atomic E-state index is -1.22. The highest BCUT2D eigenvalue weighted by Gasteiger charge is 2.26. The number of aliphatic hydroxyl groups is 1. The second-order valence-corrected chi connectivity index (χ2v) is 6.19. The Labute approximate surface area is 136 Å². The summed E-state index contributed by atoms with van der Waals surface area (Å²) >= 11 is 6.08. The lowest BCUT2D eigenvalue weighted by atomic mass is 9.96. The van der Waals surface area contributed by atoms with E-state index in [2.05, 4.69) is 10.6 Å². The first kappa shape index (κ1) is 17.1. The van der Waals surface area contributed by atoms with Crippen molar-refractivity contribution in [2.45, 2.75) is 37.9 Å². The molecule has 3 N–H and O–H groups in total. The number of halogens is 1. The smallest absolute Gasteiger partial charge is 0.314 e. The summed E-state index contributed by atoms with van der Waals surface area (Å²) in [5, 5.41) is 16.4. The third-order valence-corrected chi connectivity index (χ3v) is 4.15. The van der Waals surface area contributed by atoms with E-state index in [1.165, 1.54) is 0 Å². The second-order valence-electron chi connectivity index (χ2n) is 5.79. The van der Waals surface area contributed by atoms with Gasteiger partial charge in [-0.25, -0.2) is 4.79 Å². The van der Waals surface area contributed by atoms with Crippen molar-refractivity contribution < 1.29 is 14.6 Å². The molecule has 1 aliphatic rings. The molecule has 2 amide bonds. The highest BCUT2D eigenvalue weighted by Crippen LogP contribution is 2.27. The zero-order valence-corrected chi connectivity index (χ0v) is 13.5. The largest absolute Gasteiger partial charge is 0.384 e. The van der Waals surface area contributed by atoms with E-state index in [-0.39, 0.29) is 18.7 Å². The molecule has 6 heteroatoms. The summed E-state index contributed by atoms with van der Waals surface area (Å²) in [5.74, 6) is 0. The average Bonchev–Trinajstić information content (AvgIpc) is 2.99. The monoisotopic (exact) mass is 326 g/mol. The molecular formula is C16H23ClN2O3. The van der Waals surface area contributed by atoms with Crippen LogP contribution >= 0.6 is 11.6 Å². The lowest BCUT2D eigenvalue weighted by Gasteiger charge is -2.25. The van der Waals surface area contributed by atoms with Crippen molar-refractivity contribution in [3.63, 3.8) is 0 Å². The van der Waals surface area contributed by atoms with Gasteiger partial charge in [0.1, 0.15) is 5.60 Å². The topological polar surface area (TPSA) is 70.6 Å². The average molecular weight is 327 g/mol. The zero-order valence-electron chi connectivity index (χ0n) is 12.8. The van der Waals surface area contributed by atoms with Gasteiger partial charge in [-0.05, 0) is 32.3 Å². The predicted octanol–water partition coefficient (Wildman–Crippen LogP) is 2.42. The van der Waals surface area contributed by atoms with Gasteiger partial charge in [-0.1, -0.05) is 29.8 Å². The van der Waals surface area contributed by atoms with Crippen molar-refractivity contribution in [1.82, 2.24) is 10.6 Å². The molecule has 0 aromatic heterocycles. The number of amides is 2. The van der Waals surface area contributed by atoms with Crippen LogP contribution < -0.4 is 10.6 Å². The van der Waals surface area contributed by atoms with E-state index < -0.39 is 5.60 Å².